The number of unbranched alkanes of at least 4 members (excludes halogenated alkanes) is 2. The first-order valence-corrected chi connectivity index (χ1v) is 10.3. The van der Waals surface area contributed by atoms with Gasteiger partial charge in [0.05, 0.1) is 0 Å². The van der Waals surface area contributed by atoms with Gasteiger partial charge in [0.1, 0.15) is 5.75 Å². The molecule has 3 rings (SSSR count). The molecule has 2 atom stereocenters. The first kappa shape index (κ1) is 18.8. The molecular weight excluding hydrogens is 316 g/mol. The van der Waals surface area contributed by atoms with Crippen LogP contribution in [0.1, 0.15) is 64.4 Å². The summed E-state index contributed by atoms with van der Waals surface area (Å²) in [6.07, 6.45) is 11.8. The highest BCUT2D eigenvalue weighted by Crippen LogP contribution is 2.36. The normalized spacial score (nSPS) is 18.4. The maximum atomic E-state index is 9.43. The van der Waals surface area contributed by atoms with Crippen LogP contribution in [0.2, 0.25) is 0 Å². The third-order valence-electron chi connectivity index (χ3n) is 5.98. The van der Waals surface area contributed by atoms with Gasteiger partial charge in [0, 0.05) is 0 Å². The SMILES string of the molecule is CCCCCC(C)C1CC=C(c2ccc(-c3ccc(O)cc3)cc2)CC1. The number of hydrogen-bond acceptors (Lipinski definition) is 1. The van der Waals surface area contributed by atoms with Crippen LogP contribution in [0.25, 0.3) is 16.7 Å². The molecular formula is C25H32O. The quantitative estimate of drug-likeness (QED) is 0.515. The third-order valence-corrected chi connectivity index (χ3v) is 5.98. The van der Waals surface area contributed by atoms with Crippen molar-refractivity contribution in [2.45, 2.75) is 58.8 Å². The van der Waals surface area contributed by atoms with Gasteiger partial charge in [-0.1, -0.05) is 82.0 Å². The van der Waals surface area contributed by atoms with Gasteiger partial charge in [-0.3, -0.25) is 0 Å². The second kappa shape index (κ2) is 9.07. The summed E-state index contributed by atoms with van der Waals surface area (Å²) in [7, 11) is 0. The zero-order valence-corrected chi connectivity index (χ0v) is 16.2. The van der Waals surface area contributed by atoms with Gasteiger partial charge in [-0.2, -0.15) is 0 Å². The number of allylic oxidation sites excluding steroid dienone is 2. The minimum Gasteiger partial charge on any atom is -0.508 e. The van der Waals surface area contributed by atoms with Crippen LogP contribution in [0.5, 0.6) is 5.75 Å². The number of phenolic OH excluding ortho intramolecular Hbond substituents is 1. The summed E-state index contributed by atoms with van der Waals surface area (Å²) in [4.78, 5) is 0. The highest BCUT2D eigenvalue weighted by atomic mass is 16.3. The van der Waals surface area contributed by atoms with Crippen molar-refractivity contribution in [3.63, 3.8) is 0 Å². The van der Waals surface area contributed by atoms with Crippen LogP contribution in [-0.2, 0) is 0 Å². The molecule has 1 aliphatic carbocycles. The van der Waals surface area contributed by atoms with E-state index in [1.165, 1.54) is 61.6 Å². The Morgan fingerprint density at radius 2 is 1.54 bits per heavy atom. The van der Waals surface area contributed by atoms with Crippen molar-refractivity contribution < 1.29 is 5.11 Å². The van der Waals surface area contributed by atoms with Crippen LogP contribution in [0, 0.1) is 11.8 Å². The third kappa shape index (κ3) is 4.78. The van der Waals surface area contributed by atoms with E-state index < -0.39 is 0 Å². The van der Waals surface area contributed by atoms with Crippen molar-refractivity contribution in [2.24, 2.45) is 11.8 Å². The lowest BCUT2D eigenvalue weighted by molar-refractivity contribution is 0.308. The minimum absolute atomic E-state index is 0.316. The van der Waals surface area contributed by atoms with Crippen molar-refractivity contribution in [1.82, 2.24) is 0 Å². The minimum atomic E-state index is 0.316. The summed E-state index contributed by atoms with van der Waals surface area (Å²) in [6, 6.07) is 16.3. The summed E-state index contributed by atoms with van der Waals surface area (Å²) >= 11 is 0. The molecule has 0 bridgehead atoms. The van der Waals surface area contributed by atoms with Gasteiger partial charge >= 0.3 is 0 Å². The fraction of sp³-hybridized carbons (Fsp3) is 0.440. The molecule has 138 valence electrons. The Morgan fingerprint density at radius 3 is 2.12 bits per heavy atom. The molecule has 2 aromatic rings. The highest BCUT2D eigenvalue weighted by molar-refractivity contribution is 5.71. The number of aromatic hydroxyl groups is 1. The number of hydrogen-bond donors (Lipinski definition) is 1. The molecule has 0 amide bonds. The van der Waals surface area contributed by atoms with E-state index in [2.05, 4.69) is 44.2 Å². The molecule has 2 aromatic carbocycles. The molecule has 2 unspecified atom stereocenters. The van der Waals surface area contributed by atoms with E-state index >= 15 is 0 Å². The summed E-state index contributed by atoms with van der Waals surface area (Å²) in [5.74, 6) is 2.04. The first-order valence-electron chi connectivity index (χ1n) is 10.3. The average molecular weight is 349 g/mol. The van der Waals surface area contributed by atoms with E-state index in [1.807, 2.05) is 12.1 Å². The van der Waals surface area contributed by atoms with E-state index in [0.717, 1.165) is 17.4 Å². The molecule has 0 saturated heterocycles. The Labute approximate surface area is 158 Å². The number of benzene rings is 2. The van der Waals surface area contributed by atoms with Crippen molar-refractivity contribution in [1.29, 1.82) is 0 Å². The second-order valence-corrected chi connectivity index (χ2v) is 7.86. The molecule has 0 spiro atoms. The van der Waals surface area contributed by atoms with Crippen molar-refractivity contribution in [3.8, 4) is 16.9 Å². The monoisotopic (exact) mass is 348 g/mol. The van der Waals surface area contributed by atoms with Gasteiger partial charge in [-0.25, -0.2) is 0 Å². The maximum absolute atomic E-state index is 9.43. The van der Waals surface area contributed by atoms with Gasteiger partial charge in [-0.05, 0) is 65.5 Å². The summed E-state index contributed by atoms with van der Waals surface area (Å²) in [6.45, 7) is 4.73. The summed E-state index contributed by atoms with van der Waals surface area (Å²) in [5.41, 5.74) is 5.23. The Balaban J connectivity index is 1.60. The smallest absolute Gasteiger partial charge is 0.115 e. The predicted octanol–water partition coefficient (Wildman–Crippen LogP) is 7.46. The molecule has 0 fully saturated rings. The van der Waals surface area contributed by atoms with E-state index in [9.17, 15) is 5.11 Å². The fourth-order valence-corrected chi connectivity index (χ4v) is 4.12. The van der Waals surface area contributed by atoms with Crippen LogP contribution < -0.4 is 0 Å². The van der Waals surface area contributed by atoms with Crippen molar-refractivity contribution in [3.05, 3.63) is 60.2 Å². The molecule has 0 aliphatic heterocycles. The first-order chi connectivity index (χ1) is 12.7. The van der Waals surface area contributed by atoms with Crippen LogP contribution in [0.15, 0.2) is 54.6 Å². The topological polar surface area (TPSA) is 20.2 Å². The standard InChI is InChI=1S/C25H32O/c1-3-4-5-6-19(2)20-7-9-21(10-8-20)22-11-13-23(14-12-22)24-15-17-25(26)18-16-24/h9,11-20,26H,3-8,10H2,1-2H3. The zero-order chi connectivity index (χ0) is 18.4. The average Bonchev–Trinajstić information content (AvgIpc) is 2.69. The molecule has 1 heteroatoms. The van der Waals surface area contributed by atoms with Gasteiger partial charge < -0.3 is 5.11 Å². The second-order valence-electron chi connectivity index (χ2n) is 7.86. The van der Waals surface area contributed by atoms with E-state index in [4.69, 9.17) is 0 Å². The van der Waals surface area contributed by atoms with Gasteiger partial charge in [0.15, 0.2) is 0 Å². The number of rotatable bonds is 7. The molecule has 1 N–H and O–H groups in total. The fourth-order valence-electron chi connectivity index (χ4n) is 4.12. The lowest BCUT2D eigenvalue weighted by Crippen LogP contribution is -2.14. The van der Waals surface area contributed by atoms with Crippen molar-refractivity contribution >= 4 is 5.57 Å². The number of phenols is 1. The molecule has 1 nitrogen and oxygen atoms in total. The van der Waals surface area contributed by atoms with E-state index in [-0.39, 0.29) is 0 Å². The maximum Gasteiger partial charge on any atom is 0.115 e. The lowest BCUT2D eigenvalue weighted by atomic mass is 9.78. The largest absolute Gasteiger partial charge is 0.508 e. The van der Waals surface area contributed by atoms with Crippen molar-refractivity contribution in [2.75, 3.05) is 0 Å². The predicted molar refractivity (Wildman–Crippen MR) is 112 cm³/mol. The van der Waals surface area contributed by atoms with Crippen LogP contribution in [0.4, 0.5) is 0 Å². The Bertz CT molecular complexity index is 709. The molecule has 0 heterocycles. The Morgan fingerprint density at radius 1 is 0.923 bits per heavy atom. The molecule has 0 aromatic heterocycles. The highest BCUT2D eigenvalue weighted by Gasteiger charge is 2.20. The molecule has 0 saturated carbocycles. The van der Waals surface area contributed by atoms with E-state index in [0.29, 0.717) is 5.75 Å². The molecule has 0 radical (unpaired) electrons. The van der Waals surface area contributed by atoms with Crippen LogP contribution >= 0.6 is 0 Å². The lowest BCUT2D eigenvalue weighted by Gasteiger charge is -2.27. The van der Waals surface area contributed by atoms with Gasteiger partial charge in [0.2, 0.25) is 0 Å². The van der Waals surface area contributed by atoms with Gasteiger partial charge in [0.25, 0.3) is 0 Å². The Kier molecular flexibility index (Phi) is 6.55. The molecule has 26 heavy (non-hydrogen) atoms. The zero-order valence-electron chi connectivity index (χ0n) is 16.2. The molecule has 1 aliphatic rings. The summed E-state index contributed by atoms with van der Waals surface area (Å²) in [5, 5.41) is 9.43. The van der Waals surface area contributed by atoms with Gasteiger partial charge in [-0.15, -0.1) is 0 Å². The van der Waals surface area contributed by atoms with E-state index in [1.54, 1.807) is 12.1 Å². The Hall–Kier alpha value is -2.02. The van der Waals surface area contributed by atoms with Crippen LogP contribution in [-0.4, -0.2) is 5.11 Å². The van der Waals surface area contributed by atoms with Crippen LogP contribution in [0.3, 0.4) is 0 Å². The summed E-state index contributed by atoms with van der Waals surface area (Å²) < 4.78 is 0.